The summed E-state index contributed by atoms with van der Waals surface area (Å²) in [5, 5.41) is 2.79. The van der Waals surface area contributed by atoms with Gasteiger partial charge in [-0.25, -0.2) is 0 Å². The maximum atomic E-state index is 11.1. The fraction of sp³-hybridized carbons (Fsp3) is 0.182. The van der Waals surface area contributed by atoms with Crippen molar-refractivity contribution in [2.45, 2.75) is 11.8 Å². The molecule has 0 saturated carbocycles. The summed E-state index contributed by atoms with van der Waals surface area (Å²) in [7, 11) is -2.86. The van der Waals surface area contributed by atoms with Crippen molar-refractivity contribution >= 4 is 33.4 Å². The maximum absolute atomic E-state index is 11.1. The van der Waals surface area contributed by atoms with Crippen molar-refractivity contribution < 1.29 is 17.7 Å². The molecule has 0 spiro atoms. The molecule has 10 heteroatoms. The highest BCUT2D eigenvalue weighted by Gasteiger charge is 2.13. The number of hydrogen-bond acceptors (Lipinski definition) is 7. The highest BCUT2D eigenvalue weighted by molar-refractivity contribution is 7.85. The van der Waals surface area contributed by atoms with Crippen LogP contribution in [0.25, 0.3) is 0 Å². The SMILES string of the molecule is COc1nc(Cl)nc(Nc2ccc(S(=O)(=O)O)c(C)c2)n1. The van der Waals surface area contributed by atoms with E-state index in [9.17, 15) is 8.42 Å². The minimum atomic E-state index is -4.25. The lowest BCUT2D eigenvalue weighted by molar-refractivity contribution is 0.379. The summed E-state index contributed by atoms with van der Waals surface area (Å²) in [6, 6.07) is 4.30. The van der Waals surface area contributed by atoms with Crippen molar-refractivity contribution in [3.8, 4) is 6.01 Å². The Morgan fingerprint density at radius 3 is 2.57 bits per heavy atom. The van der Waals surface area contributed by atoms with E-state index in [0.717, 1.165) is 0 Å². The second-order valence-electron chi connectivity index (χ2n) is 4.00. The summed E-state index contributed by atoms with van der Waals surface area (Å²) in [6.07, 6.45) is 0. The first-order valence-electron chi connectivity index (χ1n) is 5.60. The quantitative estimate of drug-likeness (QED) is 0.816. The van der Waals surface area contributed by atoms with E-state index in [1.165, 1.54) is 25.3 Å². The highest BCUT2D eigenvalue weighted by atomic mass is 35.5. The van der Waals surface area contributed by atoms with Gasteiger partial charge in [0.25, 0.3) is 10.1 Å². The highest BCUT2D eigenvalue weighted by Crippen LogP contribution is 2.22. The molecule has 1 heterocycles. The maximum Gasteiger partial charge on any atom is 0.322 e. The summed E-state index contributed by atoms with van der Waals surface area (Å²) in [4.78, 5) is 11.4. The number of ether oxygens (including phenoxy) is 1. The molecule has 0 aliphatic heterocycles. The first kappa shape index (κ1) is 15.4. The molecule has 0 atom stereocenters. The number of aromatic nitrogens is 3. The molecule has 0 bridgehead atoms. The van der Waals surface area contributed by atoms with Gasteiger partial charge in [0.2, 0.25) is 11.2 Å². The van der Waals surface area contributed by atoms with Crippen molar-refractivity contribution in [3.05, 3.63) is 29.0 Å². The number of halogens is 1. The predicted molar refractivity (Wildman–Crippen MR) is 75.7 cm³/mol. The zero-order valence-corrected chi connectivity index (χ0v) is 12.6. The Balaban J connectivity index is 2.33. The van der Waals surface area contributed by atoms with Gasteiger partial charge >= 0.3 is 6.01 Å². The Hall–Kier alpha value is -1.97. The predicted octanol–water partition coefficient (Wildman–Crippen LogP) is 1.83. The molecule has 2 aromatic rings. The van der Waals surface area contributed by atoms with Gasteiger partial charge in [-0.15, -0.1) is 0 Å². The van der Waals surface area contributed by atoms with E-state index >= 15 is 0 Å². The molecule has 0 unspecified atom stereocenters. The normalized spacial score (nSPS) is 11.2. The lowest BCUT2D eigenvalue weighted by Gasteiger charge is -2.08. The lowest BCUT2D eigenvalue weighted by Crippen LogP contribution is -2.04. The number of aryl methyl sites for hydroxylation is 1. The molecule has 2 rings (SSSR count). The molecule has 8 nitrogen and oxygen atoms in total. The zero-order valence-electron chi connectivity index (χ0n) is 11.0. The van der Waals surface area contributed by atoms with Crippen molar-refractivity contribution in [2.75, 3.05) is 12.4 Å². The first-order chi connectivity index (χ1) is 9.79. The molecule has 21 heavy (non-hydrogen) atoms. The van der Waals surface area contributed by atoms with E-state index < -0.39 is 10.1 Å². The van der Waals surface area contributed by atoms with E-state index in [0.29, 0.717) is 11.3 Å². The lowest BCUT2D eigenvalue weighted by atomic mass is 10.2. The van der Waals surface area contributed by atoms with Crippen LogP contribution in [-0.4, -0.2) is 35.0 Å². The number of nitrogens with zero attached hydrogens (tertiary/aromatic N) is 3. The van der Waals surface area contributed by atoms with Gasteiger partial charge in [-0.1, -0.05) is 0 Å². The van der Waals surface area contributed by atoms with Gasteiger partial charge in [-0.05, 0) is 42.3 Å². The number of benzene rings is 1. The van der Waals surface area contributed by atoms with Crippen LogP contribution in [0.1, 0.15) is 5.56 Å². The third-order valence-electron chi connectivity index (χ3n) is 2.48. The molecule has 0 aliphatic carbocycles. The van der Waals surface area contributed by atoms with E-state index in [-0.39, 0.29) is 22.1 Å². The van der Waals surface area contributed by atoms with Gasteiger partial charge in [-0.2, -0.15) is 23.4 Å². The Bertz CT molecular complexity index is 782. The van der Waals surface area contributed by atoms with E-state index in [4.69, 9.17) is 20.9 Å². The second kappa shape index (κ2) is 5.80. The van der Waals surface area contributed by atoms with E-state index in [1.807, 2.05) is 0 Å². The fourth-order valence-corrected chi connectivity index (χ4v) is 2.48. The monoisotopic (exact) mass is 330 g/mol. The molecule has 0 saturated heterocycles. The van der Waals surface area contributed by atoms with Gasteiger partial charge < -0.3 is 10.1 Å². The number of hydrogen-bond donors (Lipinski definition) is 2. The molecule has 0 fully saturated rings. The fourth-order valence-electron chi connectivity index (χ4n) is 1.62. The van der Waals surface area contributed by atoms with Crippen LogP contribution in [0.4, 0.5) is 11.6 Å². The summed E-state index contributed by atoms with van der Waals surface area (Å²) in [6.45, 7) is 1.55. The molecule has 1 aromatic heterocycles. The van der Waals surface area contributed by atoms with Gasteiger partial charge in [0.1, 0.15) is 0 Å². The van der Waals surface area contributed by atoms with E-state index in [1.54, 1.807) is 6.92 Å². The molecule has 0 radical (unpaired) electrons. The van der Waals surface area contributed by atoms with Crippen molar-refractivity contribution in [2.24, 2.45) is 0 Å². The summed E-state index contributed by atoms with van der Waals surface area (Å²) in [5.74, 6) is 0.144. The van der Waals surface area contributed by atoms with Crippen LogP contribution in [0.5, 0.6) is 6.01 Å². The van der Waals surface area contributed by atoms with Crippen LogP contribution < -0.4 is 10.1 Å². The summed E-state index contributed by atoms with van der Waals surface area (Å²) < 4.78 is 36.1. The Labute approximate surface area is 125 Å². The van der Waals surface area contributed by atoms with Crippen molar-refractivity contribution in [1.29, 1.82) is 0 Å². The van der Waals surface area contributed by atoms with E-state index in [2.05, 4.69) is 20.3 Å². The smallest absolute Gasteiger partial charge is 0.322 e. The average Bonchev–Trinajstić information content (AvgIpc) is 2.36. The van der Waals surface area contributed by atoms with Crippen LogP contribution in [0.3, 0.4) is 0 Å². The molecule has 0 aliphatic rings. The first-order valence-corrected chi connectivity index (χ1v) is 7.42. The molecule has 112 valence electrons. The Morgan fingerprint density at radius 1 is 1.29 bits per heavy atom. The van der Waals surface area contributed by atoms with Gasteiger partial charge in [0, 0.05) is 5.69 Å². The minimum Gasteiger partial charge on any atom is -0.467 e. The number of nitrogens with one attached hydrogen (secondary N) is 1. The zero-order chi connectivity index (χ0) is 15.6. The second-order valence-corrected chi connectivity index (χ2v) is 5.72. The molecule has 2 N–H and O–H groups in total. The Kier molecular flexibility index (Phi) is 4.26. The van der Waals surface area contributed by atoms with Crippen LogP contribution >= 0.6 is 11.6 Å². The largest absolute Gasteiger partial charge is 0.467 e. The standard InChI is InChI=1S/C11H11ClN4O4S/c1-6-5-7(3-4-8(6)21(17,18)19)13-10-14-9(12)15-11(16-10)20-2/h3-5H,1-2H3,(H,17,18,19)(H,13,14,15,16). The van der Waals surface area contributed by atoms with Gasteiger partial charge in [0.05, 0.1) is 12.0 Å². The average molecular weight is 331 g/mol. The summed E-state index contributed by atoms with van der Waals surface area (Å²) in [5.41, 5.74) is 0.888. The third kappa shape index (κ3) is 3.78. The van der Waals surface area contributed by atoms with Crippen molar-refractivity contribution in [3.63, 3.8) is 0 Å². The molecule has 0 amide bonds. The van der Waals surface area contributed by atoms with Crippen molar-refractivity contribution in [1.82, 2.24) is 15.0 Å². The van der Waals surface area contributed by atoms with Crippen LogP contribution in [0.2, 0.25) is 5.28 Å². The number of rotatable bonds is 4. The number of methoxy groups -OCH3 is 1. The molecular formula is C11H11ClN4O4S. The number of anilines is 2. The molecule has 1 aromatic carbocycles. The topological polar surface area (TPSA) is 114 Å². The minimum absolute atomic E-state index is 0.0452. The Morgan fingerprint density at radius 2 is 2.00 bits per heavy atom. The third-order valence-corrected chi connectivity index (χ3v) is 3.66. The van der Waals surface area contributed by atoms with Crippen LogP contribution in [0.15, 0.2) is 23.1 Å². The van der Waals surface area contributed by atoms with Gasteiger partial charge in [0.15, 0.2) is 0 Å². The summed E-state index contributed by atoms with van der Waals surface area (Å²) >= 11 is 5.72. The van der Waals surface area contributed by atoms with Crippen LogP contribution in [0, 0.1) is 6.92 Å². The van der Waals surface area contributed by atoms with Gasteiger partial charge in [-0.3, -0.25) is 4.55 Å². The van der Waals surface area contributed by atoms with Crippen LogP contribution in [-0.2, 0) is 10.1 Å². The molecular weight excluding hydrogens is 320 g/mol.